The maximum absolute atomic E-state index is 14.1. The first-order valence-electron chi connectivity index (χ1n) is 12.9. The zero-order valence-electron chi connectivity index (χ0n) is 21.7. The molecule has 0 unspecified atom stereocenters. The average Bonchev–Trinajstić information content (AvgIpc) is 3.67. The van der Waals surface area contributed by atoms with Gasteiger partial charge in [0.1, 0.15) is 18.0 Å². The molecular weight excluding hydrogens is 525 g/mol. The Hall–Kier alpha value is -3.67. The second-order valence-electron chi connectivity index (χ2n) is 10.0. The molecular formula is C27H30FN5O5S. The van der Waals surface area contributed by atoms with E-state index in [2.05, 4.69) is 22.4 Å². The number of nitrogens with zero attached hydrogens (tertiary/aromatic N) is 4. The lowest BCUT2D eigenvalue weighted by atomic mass is 9.84. The Morgan fingerprint density at radius 2 is 2.08 bits per heavy atom. The maximum Gasteiger partial charge on any atom is 0.296 e. The van der Waals surface area contributed by atoms with Gasteiger partial charge in [0.25, 0.3) is 5.69 Å². The highest BCUT2D eigenvalue weighted by molar-refractivity contribution is 7.99. The molecule has 39 heavy (non-hydrogen) atoms. The first kappa shape index (κ1) is 26.9. The van der Waals surface area contributed by atoms with Gasteiger partial charge in [-0.15, -0.1) is 10.2 Å². The zero-order valence-corrected chi connectivity index (χ0v) is 22.5. The maximum atomic E-state index is 14.1. The molecule has 1 amide bonds. The monoisotopic (exact) mass is 555 g/mol. The first-order valence-corrected chi connectivity index (χ1v) is 13.9. The van der Waals surface area contributed by atoms with Crippen molar-refractivity contribution in [1.82, 2.24) is 14.8 Å². The number of fused-ring (bicyclic) bond motifs is 2. The number of carbonyl (C=O) groups is 1. The van der Waals surface area contributed by atoms with Crippen LogP contribution < -0.4 is 14.8 Å². The van der Waals surface area contributed by atoms with Crippen LogP contribution in [0.2, 0.25) is 0 Å². The molecule has 0 spiro atoms. The summed E-state index contributed by atoms with van der Waals surface area (Å²) in [7, 11) is 1.41. The van der Waals surface area contributed by atoms with Crippen molar-refractivity contribution in [2.45, 2.75) is 50.4 Å². The third-order valence-electron chi connectivity index (χ3n) is 7.76. The van der Waals surface area contributed by atoms with Crippen molar-refractivity contribution in [1.29, 1.82) is 0 Å². The van der Waals surface area contributed by atoms with Gasteiger partial charge < -0.3 is 14.8 Å². The summed E-state index contributed by atoms with van der Waals surface area (Å²) in [6, 6.07) is 10.5. The van der Waals surface area contributed by atoms with E-state index in [1.54, 1.807) is 24.3 Å². The summed E-state index contributed by atoms with van der Waals surface area (Å²) in [5.74, 6) is 1.96. The van der Waals surface area contributed by atoms with Gasteiger partial charge in [-0.05, 0) is 68.2 Å². The molecule has 1 aromatic heterocycles. The average molecular weight is 556 g/mol. The summed E-state index contributed by atoms with van der Waals surface area (Å²) in [4.78, 5) is 23.7. The van der Waals surface area contributed by atoms with Crippen LogP contribution in [0.25, 0.3) is 0 Å². The minimum absolute atomic E-state index is 0.0288. The normalized spacial score (nSPS) is 20.5. The number of para-hydroxylation sites is 1. The number of nitro benzene ring substituents is 1. The highest BCUT2D eigenvalue weighted by Crippen LogP contribution is 2.52. The van der Waals surface area contributed by atoms with Crippen molar-refractivity contribution in [2.24, 2.45) is 17.8 Å². The van der Waals surface area contributed by atoms with Gasteiger partial charge in [0, 0.05) is 6.04 Å². The second kappa shape index (κ2) is 11.6. The smallest absolute Gasteiger partial charge is 0.296 e. The molecule has 3 aromatic rings. The number of amides is 1. The van der Waals surface area contributed by atoms with Crippen LogP contribution in [0.5, 0.6) is 11.5 Å². The largest absolute Gasteiger partial charge is 0.496 e. The lowest BCUT2D eigenvalue weighted by molar-refractivity contribution is -0.384. The van der Waals surface area contributed by atoms with E-state index in [0.717, 1.165) is 12.3 Å². The van der Waals surface area contributed by atoms with Crippen molar-refractivity contribution in [3.63, 3.8) is 0 Å². The Labute approximate surface area is 229 Å². The Morgan fingerprint density at radius 3 is 2.77 bits per heavy atom. The number of hydrogen-bond donors (Lipinski definition) is 1. The molecule has 1 heterocycles. The number of methoxy groups -OCH3 is 1. The summed E-state index contributed by atoms with van der Waals surface area (Å²) in [5.41, 5.74) is -0.171. The summed E-state index contributed by atoms with van der Waals surface area (Å²) in [5, 5.41) is 23.3. The van der Waals surface area contributed by atoms with Gasteiger partial charge in [0.15, 0.2) is 22.5 Å². The molecule has 0 radical (unpaired) electrons. The summed E-state index contributed by atoms with van der Waals surface area (Å²) < 4.78 is 27.0. The molecule has 206 valence electrons. The molecule has 2 saturated carbocycles. The highest BCUT2D eigenvalue weighted by atomic mass is 32.2. The zero-order chi connectivity index (χ0) is 27.5. The van der Waals surface area contributed by atoms with E-state index in [-0.39, 0.29) is 35.5 Å². The first-order chi connectivity index (χ1) is 18.8. The highest BCUT2D eigenvalue weighted by Gasteiger charge is 2.43. The molecule has 2 fully saturated rings. The van der Waals surface area contributed by atoms with Crippen molar-refractivity contribution in [3.8, 4) is 11.5 Å². The summed E-state index contributed by atoms with van der Waals surface area (Å²) in [6.45, 7) is 2.18. The fourth-order valence-electron chi connectivity index (χ4n) is 5.91. The van der Waals surface area contributed by atoms with E-state index in [0.29, 0.717) is 28.6 Å². The lowest BCUT2D eigenvalue weighted by Crippen LogP contribution is -2.25. The van der Waals surface area contributed by atoms with Crippen LogP contribution in [0.4, 0.5) is 15.8 Å². The SMILES string of the molecule is COc1ccc(NC(=O)CSc2nnc(COc3ccccc3F)n2[C@@H](C)[C@@H]2C[C@H]3CC[C@H]2C3)c([N+](=O)[O-])c1. The second-order valence-corrected chi connectivity index (χ2v) is 11.0. The third kappa shape index (κ3) is 5.85. The van der Waals surface area contributed by atoms with Gasteiger partial charge in [-0.3, -0.25) is 19.5 Å². The van der Waals surface area contributed by atoms with Crippen molar-refractivity contribution < 1.29 is 23.6 Å². The molecule has 4 atom stereocenters. The fraction of sp³-hybridized carbons (Fsp3) is 0.444. The van der Waals surface area contributed by atoms with E-state index < -0.39 is 16.6 Å². The van der Waals surface area contributed by atoms with E-state index in [1.807, 2.05) is 4.57 Å². The Bertz CT molecular complexity index is 1370. The van der Waals surface area contributed by atoms with Gasteiger partial charge in [0.05, 0.1) is 23.9 Å². The van der Waals surface area contributed by atoms with E-state index in [1.165, 1.54) is 56.3 Å². The lowest BCUT2D eigenvalue weighted by Gasteiger charge is -2.30. The van der Waals surface area contributed by atoms with Crippen LogP contribution in [0.15, 0.2) is 47.6 Å². The van der Waals surface area contributed by atoms with Gasteiger partial charge in [-0.2, -0.15) is 0 Å². The van der Waals surface area contributed by atoms with Crippen molar-refractivity contribution >= 4 is 29.0 Å². The third-order valence-corrected chi connectivity index (χ3v) is 8.70. The number of nitrogens with one attached hydrogen (secondary N) is 1. The van der Waals surface area contributed by atoms with Gasteiger partial charge in [-0.25, -0.2) is 4.39 Å². The number of anilines is 1. The molecule has 10 nitrogen and oxygen atoms in total. The van der Waals surface area contributed by atoms with Crippen LogP contribution in [-0.4, -0.2) is 38.5 Å². The predicted octanol–water partition coefficient (Wildman–Crippen LogP) is 5.64. The van der Waals surface area contributed by atoms with Crippen molar-refractivity contribution in [3.05, 3.63) is 64.2 Å². The van der Waals surface area contributed by atoms with Gasteiger partial charge in [0.2, 0.25) is 5.91 Å². The summed E-state index contributed by atoms with van der Waals surface area (Å²) in [6.07, 6.45) is 4.88. The molecule has 1 N–H and O–H groups in total. The quantitative estimate of drug-likeness (QED) is 0.183. The number of thioether (sulfide) groups is 1. The Balaban J connectivity index is 1.32. The van der Waals surface area contributed by atoms with E-state index in [4.69, 9.17) is 9.47 Å². The van der Waals surface area contributed by atoms with Crippen LogP contribution >= 0.6 is 11.8 Å². The fourth-order valence-corrected chi connectivity index (χ4v) is 6.75. The number of carbonyl (C=O) groups excluding carboxylic acids is 1. The van der Waals surface area contributed by atoms with Crippen LogP contribution in [0.1, 0.15) is 44.5 Å². The molecule has 2 aliphatic carbocycles. The van der Waals surface area contributed by atoms with Crippen LogP contribution in [0.3, 0.4) is 0 Å². The van der Waals surface area contributed by atoms with Crippen LogP contribution in [-0.2, 0) is 11.4 Å². The molecule has 5 rings (SSSR count). The topological polar surface area (TPSA) is 121 Å². The molecule has 0 saturated heterocycles. The Morgan fingerprint density at radius 1 is 1.26 bits per heavy atom. The number of hydrogen-bond acceptors (Lipinski definition) is 8. The number of aromatic nitrogens is 3. The number of benzene rings is 2. The minimum atomic E-state index is -0.569. The van der Waals surface area contributed by atoms with Gasteiger partial charge in [-0.1, -0.05) is 30.3 Å². The number of halogens is 1. The van der Waals surface area contributed by atoms with Gasteiger partial charge >= 0.3 is 0 Å². The van der Waals surface area contributed by atoms with Crippen molar-refractivity contribution in [2.75, 3.05) is 18.2 Å². The minimum Gasteiger partial charge on any atom is -0.496 e. The molecule has 2 aromatic carbocycles. The number of ether oxygens (including phenoxy) is 2. The molecule has 2 bridgehead atoms. The number of rotatable bonds is 11. The molecule has 2 aliphatic rings. The molecule has 12 heteroatoms. The van der Waals surface area contributed by atoms with E-state index >= 15 is 0 Å². The summed E-state index contributed by atoms with van der Waals surface area (Å²) >= 11 is 1.20. The molecule has 0 aliphatic heterocycles. The standard InChI is InChI=1S/C27H30FN5O5S/c1-16(20-12-17-7-8-18(20)11-17)32-25(14-38-24-6-4-3-5-21(24)28)30-31-27(32)39-15-26(34)29-22-10-9-19(37-2)13-23(22)33(35)36/h3-6,9-10,13,16-18,20H,7-8,11-12,14-15H2,1-2H3,(H,29,34)/t16-,17-,18-,20-/m0/s1. The predicted molar refractivity (Wildman–Crippen MR) is 143 cm³/mol. The van der Waals surface area contributed by atoms with E-state index in [9.17, 15) is 19.3 Å². The van der Waals surface area contributed by atoms with Crippen LogP contribution in [0, 0.1) is 33.7 Å². The number of nitro groups is 1. The Kier molecular flexibility index (Phi) is 8.01.